The highest BCUT2D eigenvalue weighted by Crippen LogP contribution is 2.36. The lowest BCUT2D eigenvalue weighted by molar-refractivity contribution is -0.140. The molecule has 1 unspecified atom stereocenters. The molecule has 2 rings (SSSR count). The summed E-state index contributed by atoms with van der Waals surface area (Å²) in [7, 11) is 0. The highest BCUT2D eigenvalue weighted by Gasteiger charge is 2.21. The zero-order chi connectivity index (χ0) is 26.5. The number of hydrogen-bond acceptors (Lipinski definition) is 6. The summed E-state index contributed by atoms with van der Waals surface area (Å²) in [6, 6.07) is 16.6. The van der Waals surface area contributed by atoms with E-state index < -0.39 is 12.1 Å². The molecule has 2 aromatic carbocycles. The number of hydrogen-bond donors (Lipinski definition) is 2. The Hall–Kier alpha value is -2.90. The molecular formula is C29H42N2O5. The molecule has 7 nitrogen and oxygen atoms in total. The Balaban J connectivity index is 2.21. The van der Waals surface area contributed by atoms with E-state index in [0.29, 0.717) is 17.8 Å². The number of benzene rings is 2. The van der Waals surface area contributed by atoms with Crippen molar-refractivity contribution < 1.29 is 24.2 Å². The van der Waals surface area contributed by atoms with Crippen molar-refractivity contribution in [2.24, 2.45) is 0 Å². The number of aliphatic hydroxyl groups excluding tert-OH is 1. The lowest BCUT2D eigenvalue weighted by Crippen LogP contribution is -2.37. The Bertz CT molecular complexity index is 938. The molecular weight excluding hydrogens is 456 g/mol. The molecule has 0 heterocycles. The third-order valence-corrected chi connectivity index (χ3v) is 6.20. The maximum atomic E-state index is 12.5. The van der Waals surface area contributed by atoms with Crippen molar-refractivity contribution in [3.8, 4) is 5.75 Å². The molecule has 1 amide bonds. The first-order chi connectivity index (χ1) is 17.2. The van der Waals surface area contributed by atoms with E-state index in [2.05, 4.69) is 50.0 Å². The summed E-state index contributed by atoms with van der Waals surface area (Å²) in [5.74, 6) is 0.0628. The van der Waals surface area contributed by atoms with Gasteiger partial charge in [0.05, 0.1) is 13.2 Å². The van der Waals surface area contributed by atoms with E-state index >= 15 is 0 Å². The van der Waals surface area contributed by atoms with Crippen LogP contribution in [0.4, 0.5) is 4.79 Å². The van der Waals surface area contributed by atoms with Crippen molar-refractivity contribution in [3.63, 3.8) is 0 Å². The maximum absolute atomic E-state index is 12.5. The van der Waals surface area contributed by atoms with Gasteiger partial charge in [0.1, 0.15) is 12.4 Å². The molecule has 0 aliphatic heterocycles. The minimum Gasteiger partial charge on any atom is -0.464 e. The van der Waals surface area contributed by atoms with Gasteiger partial charge in [0, 0.05) is 30.5 Å². The molecule has 198 valence electrons. The largest absolute Gasteiger partial charge is 0.464 e. The molecule has 0 saturated carbocycles. The zero-order valence-electron chi connectivity index (χ0n) is 22.3. The Morgan fingerprint density at radius 3 is 2.31 bits per heavy atom. The molecule has 0 spiro atoms. The number of carbonyl (C=O) groups is 2. The van der Waals surface area contributed by atoms with E-state index in [9.17, 15) is 14.7 Å². The Labute approximate surface area is 215 Å². The maximum Gasteiger partial charge on any atom is 0.412 e. The summed E-state index contributed by atoms with van der Waals surface area (Å²) in [5.41, 5.74) is 2.77. The Kier molecular flexibility index (Phi) is 12.4. The van der Waals surface area contributed by atoms with Crippen molar-refractivity contribution in [1.82, 2.24) is 10.2 Å². The molecule has 2 N–H and O–H groups in total. The van der Waals surface area contributed by atoms with Crippen LogP contribution in [-0.4, -0.2) is 53.8 Å². The van der Waals surface area contributed by atoms with Crippen LogP contribution in [0.5, 0.6) is 5.75 Å². The first-order valence-corrected chi connectivity index (χ1v) is 12.9. The molecule has 36 heavy (non-hydrogen) atoms. The standard InChI is InChI=1S/C29H42N2O5/c1-21(2)31(22(3)4)17-10-9-13-26(25-11-7-6-8-12-25)27-19-24(20-32)14-15-28(27)36-29(34)30-16-18-35-23(5)33/h6-8,11-12,14-15,19,21-22,26,32H,9-10,13,16-18,20H2,1-5H3,(H,30,34). The van der Waals surface area contributed by atoms with E-state index in [1.54, 1.807) is 12.1 Å². The van der Waals surface area contributed by atoms with Crippen molar-refractivity contribution >= 4 is 12.1 Å². The fourth-order valence-electron chi connectivity index (χ4n) is 4.49. The van der Waals surface area contributed by atoms with E-state index in [1.165, 1.54) is 6.92 Å². The van der Waals surface area contributed by atoms with E-state index in [1.807, 2.05) is 24.3 Å². The van der Waals surface area contributed by atoms with Crippen LogP contribution in [0, 0.1) is 0 Å². The SMILES string of the molecule is CC(=O)OCCNC(=O)Oc1ccc(CO)cc1C(CCCCN(C(C)C)C(C)C)c1ccccc1. The Morgan fingerprint density at radius 2 is 1.69 bits per heavy atom. The molecule has 7 heteroatoms. The zero-order valence-corrected chi connectivity index (χ0v) is 22.3. The molecule has 1 atom stereocenters. The molecule has 0 aromatic heterocycles. The number of rotatable bonds is 14. The van der Waals surface area contributed by atoms with Gasteiger partial charge in [-0.3, -0.25) is 9.69 Å². The molecule has 2 aromatic rings. The second kappa shape index (κ2) is 15.3. The van der Waals surface area contributed by atoms with Crippen molar-refractivity contribution in [2.45, 2.75) is 78.5 Å². The fourth-order valence-corrected chi connectivity index (χ4v) is 4.49. The van der Waals surface area contributed by atoms with Gasteiger partial charge in [-0.15, -0.1) is 0 Å². The second-order valence-corrected chi connectivity index (χ2v) is 9.57. The molecule has 0 fully saturated rings. The summed E-state index contributed by atoms with van der Waals surface area (Å²) < 4.78 is 10.5. The summed E-state index contributed by atoms with van der Waals surface area (Å²) in [4.78, 5) is 25.9. The number of amides is 1. The Morgan fingerprint density at radius 1 is 1.00 bits per heavy atom. The van der Waals surface area contributed by atoms with Crippen LogP contribution in [0.15, 0.2) is 48.5 Å². The van der Waals surface area contributed by atoms with Crippen LogP contribution in [-0.2, 0) is 16.1 Å². The van der Waals surface area contributed by atoms with Crippen molar-refractivity contribution in [2.75, 3.05) is 19.7 Å². The summed E-state index contributed by atoms with van der Waals surface area (Å²) in [5, 5.41) is 12.4. The first-order valence-electron chi connectivity index (χ1n) is 12.9. The van der Waals surface area contributed by atoms with Crippen LogP contribution >= 0.6 is 0 Å². The first kappa shape index (κ1) is 29.3. The van der Waals surface area contributed by atoms with Crippen LogP contribution in [0.1, 0.15) is 76.5 Å². The summed E-state index contributed by atoms with van der Waals surface area (Å²) in [6.45, 7) is 11.4. The number of ether oxygens (including phenoxy) is 2. The molecule has 0 radical (unpaired) electrons. The van der Waals surface area contributed by atoms with Crippen LogP contribution in [0.3, 0.4) is 0 Å². The smallest absolute Gasteiger partial charge is 0.412 e. The number of aliphatic hydroxyl groups is 1. The minimum atomic E-state index is -0.614. The molecule has 0 saturated heterocycles. The monoisotopic (exact) mass is 498 g/mol. The summed E-state index contributed by atoms with van der Waals surface area (Å²) >= 11 is 0. The molecule has 0 aliphatic carbocycles. The predicted octanol–water partition coefficient (Wildman–Crippen LogP) is 5.25. The van der Waals surface area contributed by atoms with E-state index in [4.69, 9.17) is 9.47 Å². The van der Waals surface area contributed by atoms with Gasteiger partial charge >= 0.3 is 12.1 Å². The predicted molar refractivity (Wildman–Crippen MR) is 142 cm³/mol. The third kappa shape index (κ3) is 9.63. The van der Waals surface area contributed by atoms with Crippen LogP contribution < -0.4 is 10.1 Å². The fraction of sp³-hybridized carbons (Fsp3) is 0.517. The van der Waals surface area contributed by atoms with Crippen LogP contribution in [0.2, 0.25) is 0 Å². The number of unbranched alkanes of at least 4 members (excludes halogenated alkanes) is 1. The summed E-state index contributed by atoms with van der Waals surface area (Å²) in [6.07, 6.45) is 2.34. The van der Waals surface area contributed by atoms with Gasteiger partial charge in [0.2, 0.25) is 0 Å². The second-order valence-electron chi connectivity index (χ2n) is 9.57. The minimum absolute atomic E-state index is 0.00750. The lowest BCUT2D eigenvalue weighted by atomic mass is 9.85. The number of nitrogens with one attached hydrogen (secondary N) is 1. The van der Waals surface area contributed by atoms with Gasteiger partial charge in [0.25, 0.3) is 0 Å². The topological polar surface area (TPSA) is 88.1 Å². The van der Waals surface area contributed by atoms with Gasteiger partial charge in [-0.25, -0.2) is 4.79 Å². The number of carbonyl (C=O) groups excluding carboxylic acids is 2. The molecule has 0 aliphatic rings. The average molecular weight is 499 g/mol. The van der Waals surface area contributed by atoms with Gasteiger partial charge in [-0.05, 0) is 70.3 Å². The quantitative estimate of drug-likeness (QED) is 0.273. The number of esters is 1. The normalized spacial score (nSPS) is 12.1. The van der Waals surface area contributed by atoms with Gasteiger partial charge in [-0.1, -0.05) is 42.8 Å². The van der Waals surface area contributed by atoms with Crippen molar-refractivity contribution in [3.05, 3.63) is 65.2 Å². The highest BCUT2D eigenvalue weighted by molar-refractivity contribution is 5.71. The van der Waals surface area contributed by atoms with Crippen molar-refractivity contribution in [1.29, 1.82) is 0 Å². The van der Waals surface area contributed by atoms with Gasteiger partial charge in [-0.2, -0.15) is 0 Å². The van der Waals surface area contributed by atoms with Gasteiger partial charge in [0.15, 0.2) is 0 Å². The third-order valence-electron chi connectivity index (χ3n) is 6.20. The van der Waals surface area contributed by atoms with E-state index in [-0.39, 0.29) is 25.7 Å². The average Bonchev–Trinajstić information content (AvgIpc) is 2.84. The number of nitrogens with zero attached hydrogens (tertiary/aromatic N) is 1. The lowest BCUT2D eigenvalue weighted by Gasteiger charge is -2.30. The highest BCUT2D eigenvalue weighted by atomic mass is 16.6. The van der Waals surface area contributed by atoms with Gasteiger partial charge < -0.3 is 19.9 Å². The molecule has 0 bridgehead atoms. The van der Waals surface area contributed by atoms with E-state index in [0.717, 1.165) is 42.5 Å². The van der Waals surface area contributed by atoms with Crippen LogP contribution in [0.25, 0.3) is 0 Å².